The minimum absolute atomic E-state index is 0.502. The summed E-state index contributed by atoms with van der Waals surface area (Å²) in [5.41, 5.74) is 2.22. The van der Waals surface area contributed by atoms with Gasteiger partial charge in [0, 0.05) is 5.56 Å². The molecule has 140 valence electrons. The van der Waals surface area contributed by atoms with Crippen molar-refractivity contribution in [3.63, 3.8) is 0 Å². The highest BCUT2D eigenvalue weighted by atomic mass is 28.4. The summed E-state index contributed by atoms with van der Waals surface area (Å²) in [7, 11) is -3.46. The lowest BCUT2D eigenvalue weighted by Crippen LogP contribution is -2.56. The van der Waals surface area contributed by atoms with Crippen LogP contribution in [0.2, 0.25) is 35.4 Å². The molecule has 4 heteroatoms. The third kappa shape index (κ3) is 3.52. The second-order valence-electron chi connectivity index (χ2n) is 8.11. The first-order valence-electron chi connectivity index (χ1n) is 9.89. The third-order valence-electron chi connectivity index (χ3n) is 7.19. The summed E-state index contributed by atoms with van der Waals surface area (Å²) in [5.74, 6) is 0.788. The summed E-state index contributed by atoms with van der Waals surface area (Å²) < 4.78 is 21.3. The lowest BCUT2D eigenvalue weighted by Gasteiger charge is -2.46. The number of alkyl halides is 1. The Kier molecular flexibility index (Phi) is 6.37. The van der Waals surface area contributed by atoms with Gasteiger partial charge in [0.15, 0.2) is 0 Å². The smallest absolute Gasteiger partial charge is 0.250 e. The fourth-order valence-electron chi connectivity index (χ4n) is 4.59. The second kappa shape index (κ2) is 7.79. The van der Waals surface area contributed by atoms with E-state index in [1.807, 2.05) is 24.3 Å². The quantitative estimate of drug-likeness (QED) is 0.425. The van der Waals surface area contributed by atoms with Crippen LogP contribution in [0.5, 0.6) is 5.75 Å². The van der Waals surface area contributed by atoms with Crippen molar-refractivity contribution in [2.75, 3.05) is 0 Å². The summed E-state index contributed by atoms with van der Waals surface area (Å²) in [6, 6.07) is 9.88. The predicted molar refractivity (Wildman–Crippen MR) is 113 cm³/mol. The second-order valence-corrected chi connectivity index (χ2v) is 19.0. The maximum atomic E-state index is 14.4. The Hall–Kier alpha value is -0.876. The molecule has 1 nitrogen and oxygen atoms in total. The van der Waals surface area contributed by atoms with E-state index in [9.17, 15) is 4.39 Å². The predicted octanol–water partition coefficient (Wildman–Crippen LogP) is 7.53. The zero-order valence-electron chi connectivity index (χ0n) is 17.0. The van der Waals surface area contributed by atoms with Gasteiger partial charge in [0.2, 0.25) is 0 Å². The summed E-state index contributed by atoms with van der Waals surface area (Å²) in [6.45, 7) is 16.5. The lowest BCUT2D eigenvalue weighted by molar-refractivity contribution is 0.404. The lowest BCUT2D eigenvalue weighted by atomic mass is 10.1. The van der Waals surface area contributed by atoms with Gasteiger partial charge in [-0.2, -0.15) is 0 Å². The average molecular weight is 379 g/mol. The molecule has 1 aromatic rings. The van der Waals surface area contributed by atoms with E-state index in [0.29, 0.717) is 10.7 Å². The third-order valence-corrected chi connectivity index (χ3v) is 21.5. The van der Waals surface area contributed by atoms with E-state index in [2.05, 4.69) is 48.1 Å². The highest BCUT2D eigenvalue weighted by Crippen LogP contribution is 2.47. The largest absolute Gasteiger partial charge is 0.543 e. The first kappa shape index (κ1) is 20.4. The summed E-state index contributed by atoms with van der Waals surface area (Å²) >= 11 is 0. The van der Waals surface area contributed by atoms with Crippen LogP contribution in [-0.4, -0.2) is 16.4 Å². The Bertz CT molecular complexity index is 616. The normalized spacial score (nSPS) is 20.4. The van der Waals surface area contributed by atoms with E-state index in [-0.39, 0.29) is 0 Å². The van der Waals surface area contributed by atoms with Crippen molar-refractivity contribution >= 4 is 22.5 Å². The Labute approximate surface area is 155 Å². The Morgan fingerprint density at radius 3 is 2.20 bits per heavy atom. The van der Waals surface area contributed by atoms with E-state index in [1.165, 1.54) is 18.1 Å². The number of halogens is 1. The Morgan fingerprint density at radius 2 is 1.68 bits per heavy atom. The van der Waals surface area contributed by atoms with E-state index in [0.717, 1.165) is 16.9 Å². The van der Waals surface area contributed by atoms with Crippen molar-refractivity contribution in [2.24, 2.45) is 0 Å². The van der Waals surface area contributed by atoms with Gasteiger partial charge in [0.1, 0.15) is 11.9 Å². The monoisotopic (exact) mass is 378 g/mol. The summed E-state index contributed by atoms with van der Waals surface area (Å²) in [4.78, 5) is 0. The van der Waals surface area contributed by atoms with E-state index in [1.54, 1.807) is 6.08 Å². The van der Waals surface area contributed by atoms with Crippen molar-refractivity contribution in [2.45, 2.75) is 83.1 Å². The maximum Gasteiger partial charge on any atom is 0.250 e. The topological polar surface area (TPSA) is 9.23 Å². The number of hydrogen-bond donors (Lipinski definition) is 0. The van der Waals surface area contributed by atoms with Crippen LogP contribution in [0.3, 0.4) is 0 Å². The van der Waals surface area contributed by atoms with Crippen LogP contribution >= 0.6 is 0 Å². The van der Waals surface area contributed by atoms with Crippen molar-refractivity contribution in [1.29, 1.82) is 0 Å². The van der Waals surface area contributed by atoms with Crippen LogP contribution in [0.4, 0.5) is 4.39 Å². The SMILES string of the molecule is CC[Si](CC)(CC)C(C)[Si](C)(Oc1cccc2c1C(F)C=C2)C(C)C. The molecule has 0 radical (unpaired) electrons. The molecule has 0 heterocycles. The fraction of sp³-hybridized carbons (Fsp3) is 0.619. The van der Waals surface area contributed by atoms with Gasteiger partial charge in [-0.15, -0.1) is 0 Å². The molecule has 0 bridgehead atoms. The fourth-order valence-corrected chi connectivity index (χ4v) is 17.9. The number of rotatable bonds is 8. The highest BCUT2D eigenvalue weighted by molar-refractivity contribution is 6.97. The van der Waals surface area contributed by atoms with Gasteiger partial charge < -0.3 is 4.43 Å². The molecule has 0 spiro atoms. The molecule has 3 atom stereocenters. The molecule has 0 saturated carbocycles. The van der Waals surface area contributed by atoms with Crippen molar-refractivity contribution in [3.05, 3.63) is 35.4 Å². The first-order valence-corrected chi connectivity index (χ1v) is 15.2. The average Bonchev–Trinajstić information content (AvgIpc) is 2.99. The van der Waals surface area contributed by atoms with Crippen LogP contribution in [0, 0.1) is 0 Å². The van der Waals surface area contributed by atoms with Gasteiger partial charge in [0.05, 0.1) is 8.07 Å². The minimum atomic E-state index is -2.07. The first-order chi connectivity index (χ1) is 11.8. The summed E-state index contributed by atoms with van der Waals surface area (Å²) in [5, 5.41) is 0.642. The maximum absolute atomic E-state index is 14.4. The molecular formula is C21H35FOSi2. The van der Waals surface area contributed by atoms with Gasteiger partial charge in [-0.25, -0.2) is 4.39 Å². The molecule has 0 N–H and O–H groups in total. The van der Waals surface area contributed by atoms with Crippen LogP contribution in [0.1, 0.15) is 58.8 Å². The molecule has 0 aromatic heterocycles. The van der Waals surface area contributed by atoms with Crippen molar-refractivity contribution in [3.8, 4) is 5.75 Å². The molecule has 2 rings (SSSR count). The molecule has 0 fully saturated rings. The van der Waals surface area contributed by atoms with E-state index < -0.39 is 22.6 Å². The van der Waals surface area contributed by atoms with Crippen LogP contribution < -0.4 is 4.43 Å². The number of fused-ring (bicyclic) bond motifs is 1. The zero-order chi connectivity index (χ0) is 18.8. The number of hydrogen-bond acceptors (Lipinski definition) is 1. The Morgan fingerprint density at radius 1 is 1.08 bits per heavy atom. The van der Waals surface area contributed by atoms with Gasteiger partial charge in [0.25, 0.3) is 8.32 Å². The molecule has 1 aliphatic carbocycles. The van der Waals surface area contributed by atoms with Crippen molar-refractivity contribution < 1.29 is 8.82 Å². The Balaban J connectivity index is 2.44. The molecule has 0 aliphatic heterocycles. The summed E-state index contributed by atoms with van der Waals surface area (Å²) in [6.07, 6.45) is 2.49. The zero-order valence-corrected chi connectivity index (χ0v) is 19.0. The number of benzene rings is 1. The molecular weight excluding hydrogens is 343 g/mol. The standard InChI is InChI=1S/C21H35FOSi2/c1-8-25(9-2,10-3)17(6)24(7,16(4)5)23-20-13-11-12-18-14-15-19(22)21(18)20/h11-17,19H,8-10H2,1-7H3. The van der Waals surface area contributed by atoms with Gasteiger partial charge in [-0.05, 0) is 35.0 Å². The van der Waals surface area contributed by atoms with Crippen molar-refractivity contribution in [1.82, 2.24) is 0 Å². The van der Waals surface area contributed by atoms with E-state index >= 15 is 0 Å². The molecule has 0 saturated heterocycles. The van der Waals surface area contributed by atoms with Crippen LogP contribution in [0.15, 0.2) is 24.3 Å². The highest BCUT2D eigenvalue weighted by Gasteiger charge is 2.51. The number of allylic oxidation sites excluding steroid dienone is 1. The van der Waals surface area contributed by atoms with Gasteiger partial charge in [-0.3, -0.25) is 0 Å². The van der Waals surface area contributed by atoms with Crippen LogP contribution in [0.25, 0.3) is 6.08 Å². The van der Waals surface area contributed by atoms with Crippen LogP contribution in [-0.2, 0) is 0 Å². The molecule has 0 amide bonds. The minimum Gasteiger partial charge on any atom is -0.543 e. The molecule has 3 unspecified atom stereocenters. The van der Waals surface area contributed by atoms with E-state index in [4.69, 9.17) is 4.43 Å². The molecule has 1 aliphatic rings. The van der Waals surface area contributed by atoms with Gasteiger partial charge in [-0.1, -0.05) is 77.9 Å². The molecule has 1 aromatic carbocycles. The molecule has 25 heavy (non-hydrogen) atoms. The van der Waals surface area contributed by atoms with Gasteiger partial charge >= 0.3 is 0 Å².